The SMILES string of the molecule is CN(Cc1ccc2c(c1)OCCO2)C(=O)NCc1ccco1. The number of rotatable bonds is 4. The van der Waals surface area contributed by atoms with Gasteiger partial charge in [0.15, 0.2) is 11.5 Å². The molecule has 0 fully saturated rings. The van der Waals surface area contributed by atoms with Crippen LogP contribution in [0.4, 0.5) is 4.79 Å². The molecule has 1 aromatic heterocycles. The molecule has 116 valence electrons. The van der Waals surface area contributed by atoms with Crippen molar-refractivity contribution in [2.45, 2.75) is 13.1 Å². The molecule has 0 saturated carbocycles. The number of benzene rings is 1. The highest BCUT2D eigenvalue weighted by atomic mass is 16.6. The Morgan fingerprint density at radius 1 is 1.23 bits per heavy atom. The van der Waals surface area contributed by atoms with Crippen LogP contribution in [0.2, 0.25) is 0 Å². The average molecular weight is 302 g/mol. The molecule has 0 atom stereocenters. The number of hydrogen-bond acceptors (Lipinski definition) is 4. The number of carbonyl (C=O) groups excluding carboxylic acids is 1. The minimum atomic E-state index is -0.161. The van der Waals surface area contributed by atoms with Crippen molar-refractivity contribution < 1.29 is 18.7 Å². The van der Waals surface area contributed by atoms with Gasteiger partial charge in [-0.25, -0.2) is 4.79 Å². The van der Waals surface area contributed by atoms with Crippen molar-refractivity contribution in [2.24, 2.45) is 0 Å². The van der Waals surface area contributed by atoms with Gasteiger partial charge >= 0.3 is 6.03 Å². The number of hydrogen-bond donors (Lipinski definition) is 1. The van der Waals surface area contributed by atoms with E-state index < -0.39 is 0 Å². The van der Waals surface area contributed by atoms with Gasteiger partial charge in [0.25, 0.3) is 0 Å². The van der Waals surface area contributed by atoms with E-state index in [1.807, 2.05) is 24.3 Å². The molecule has 2 heterocycles. The van der Waals surface area contributed by atoms with Gasteiger partial charge in [-0.2, -0.15) is 0 Å². The van der Waals surface area contributed by atoms with Crippen LogP contribution in [-0.2, 0) is 13.1 Å². The molecule has 1 aliphatic heterocycles. The van der Waals surface area contributed by atoms with Crippen LogP contribution in [-0.4, -0.2) is 31.2 Å². The highest BCUT2D eigenvalue weighted by Gasteiger charge is 2.14. The van der Waals surface area contributed by atoms with Crippen molar-refractivity contribution in [1.29, 1.82) is 0 Å². The van der Waals surface area contributed by atoms with E-state index in [1.54, 1.807) is 24.3 Å². The molecule has 2 amide bonds. The summed E-state index contributed by atoms with van der Waals surface area (Å²) in [7, 11) is 1.74. The van der Waals surface area contributed by atoms with E-state index >= 15 is 0 Å². The summed E-state index contributed by atoms with van der Waals surface area (Å²) in [5.41, 5.74) is 0.986. The largest absolute Gasteiger partial charge is 0.486 e. The molecule has 22 heavy (non-hydrogen) atoms. The molecule has 0 spiro atoms. The van der Waals surface area contributed by atoms with Gasteiger partial charge in [-0.3, -0.25) is 0 Å². The second kappa shape index (κ2) is 6.43. The molecule has 0 aliphatic carbocycles. The molecule has 0 unspecified atom stereocenters. The van der Waals surface area contributed by atoms with Gasteiger partial charge in [-0.1, -0.05) is 6.07 Å². The van der Waals surface area contributed by atoms with Crippen LogP contribution >= 0.6 is 0 Å². The maximum atomic E-state index is 12.0. The lowest BCUT2D eigenvalue weighted by molar-refractivity contribution is 0.171. The smallest absolute Gasteiger partial charge is 0.317 e. The second-order valence-corrected chi connectivity index (χ2v) is 5.07. The van der Waals surface area contributed by atoms with Crippen LogP contribution in [0.5, 0.6) is 11.5 Å². The summed E-state index contributed by atoms with van der Waals surface area (Å²) in [5, 5.41) is 2.80. The zero-order valence-corrected chi connectivity index (χ0v) is 12.4. The number of nitrogens with one attached hydrogen (secondary N) is 1. The molecule has 2 aromatic rings. The Labute approximate surface area is 128 Å². The summed E-state index contributed by atoms with van der Waals surface area (Å²) in [6.45, 7) is 1.98. The number of urea groups is 1. The van der Waals surface area contributed by atoms with Crippen molar-refractivity contribution in [3.05, 3.63) is 47.9 Å². The highest BCUT2D eigenvalue weighted by molar-refractivity contribution is 5.73. The molecule has 0 bridgehead atoms. The molecule has 0 saturated heterocycles. The van der Waals surface area contributed by atoms with E-state index in [4.69, 9.17) is 13.9 Å². The van der Waals surface area contributed by atoms with Gasteiger partial charge in [0.2, 0.25) is 0 Å². The van der Waals surface area contributed by atoms with Gasteiger partial charge in [0, 0.05) is 13.6 Å². The number of amides is 2. The minimum absolute atomic E-state index is 0.161. The van der Waals surface area contributed by atoms with Crippen molar-refractivity contribution in [3.8, 4) is 11.5 Å². The molecular weight excluding hydrogens is 284 g/mol. The first kappa shape index (κ1) is 14.3. The Kier molecular flexibility index (Phi) is 4.18. The molecule has 1 N–H and O–H groups in total. The molecule has 0 radical (unpaired) electrons. The Balaban J connectivity index is 1.56. The normalized spacial score (nSPS) is 12.8. The predicted molar refractivity (Wildman–Crippen MR) is 79.8 cm³/mol. The maximum Gasteiger partial charge on any atom is 0.317 e. The third-order valence-corrected chi connectivity index (χ3v) is 3.37. The lowest BCUT2D eigenvalue weighted by atomic mass is 10.2. The predicted octanol–water partition coefficient (Wildman–Crippen LogP) is 2.39. The Morgan fingerprint density at radius 3 is 2.82 bits per heavy atom. The Morgan fingerprint density at radius 2 is 2.05 bits per heavy atom. The van der Waals surface area contributed by atoms with Gasteiger partial charge in [0.05, 0.1) is 12.8 Å². The summed E-state index contributed by atoms with van der Waals surface area (Å²) >= 11 is 0. The number of nitrogens with zero attached hydrogens (tertiary/aromatic N) is 1. The van der Waals surface area contributed by atoms with Crippen LogP contribution in [0.15, 0.2) is 41.0 Å². The Hall–Kier alpha value is -2.63. The lowest BCUT2D eigenvalue weighted by Crippen LogP contribution is -2.36. The van der Waals surface area contributed by atoms with Crippen LogP contribution < -0.4 is 14.8 Å². The first-order valence-electron chi connectivity index (χ1n) is 7.12. The van der Waals surface area contributed by atoms with E-state index in [0.717, 1.165) is 22.8 Å². The van der Waals surface area contributed by atoms with Crippen LogP contribution in [0.3, 0.4) is 0 Å². The van der Waals surface area contributed by atoms with E-state index in [-0.39, 0.29) is 6.03 Å². The number of carbonyl (C=O) groups is 1. The molecule has 1 aliphatic rings. The topological polar surface area (TPSA) is 63.9 Å². The third kappa shape index (κ3) is 3.33. The zero-order valence-electron chi connectivity index (χ0n) is 12.4. The summed E-state index contributed by atoms with van der Waals surface area (Å²) < 4.78 is 16.2. The Bertz CT molecular complexity index is 640. The number of fused-ring (bicyclic) bond motifs is 1. The van der Waals surface area contributed by atoms with Crippen molar-refractivity contribution in [1.82, 2.24) is 10.2 Å². The van der Waals surface area contributed by atoms with E-state index in [0.29, 0.717) is 26.3 Å². The summed E-state index contributed by atoms with van der Waals surface area (Å²) in [5.74, 6) is 2.20. The summed E-state index contributed by atoms with van der Waals surface area (Å²) in [4.78, 5) is 13.7. The van der Waals surface area contributed by atoms with Crippen molar-refractivity contribution in [2.75, 3.05) is 20.3 Å². The van der Waals surface area contributed by atoms with E-state index in [2.05, 4.69) is 5.32 Å². The first-order chi connectivity index (χ1) is 10.7. The van der Waals surface area contributed by atoms with Crippen molar-refractivity contribution >= 4 is 6.03 Å². The van der Waals surface area contributed by atoms with Crippen LogP contribution in [0, 0.1) is 0 Å². The molecule has 3 rings (SSSR count). The number of ether oxygens (including phenoxy) is 2. The quantitative estimate of drug-likeness (QED) is 0.942. The van der Waals surface area contributed by atoms with Gasteiger partial charge in [-0.15, -0.1) is 0 Å². The molecular formula is C16H18N2O4. The monoisotopic (exact) mass is 302 g/mol. The lowest BCUT2D eigenvalue weighted by Gasteiger charge is -2.21. The minimum Gasteiger partial charge on any atom is -0.486 e. The maximum absolute atomic E-state index is 12.0. The average Bonchev–Trinajstić information content (AvgIpc) is 3.06. The molecule has 1 aromatic carbocycles. The fraction of sp³-hybridized carbons (Fsp3) is 0.312. The van der Waals surface area contributed by atoms with E-state index in [9.17, 15) is 4.79 Å². The fourth-order valence-corrected chi connectivity index (χ4v) is 2.24. The van der Waals surface area contributed by atoms with Crippen molar-refractivity contribution in [3.63, 3.8) is 0 Å². The summed E-state index contributed by atoms with van der Waals surface area (Å²) in [6, 6.07) is 9.17. The van der Waals surface area contributed by atoms with Crippen LogP contribution in [0.25, 0.3) is 0 Å². The van der Waals surface area contributed by atoms with Gasteiger partial charge in [-0.05, 0) is 29.8 Å². The molecule has 6 nitrogen and oxygen atoms in total. The van der Waals surface area contributed by atoms with Crippen LogP contribution in [0.1, 0.15) is 11.3 Å². The fourth-order valence-electron chi connectivity index (χ4n) is 2.24. The second-order valence-electron chi connectivity index (χ2n) is 5.07. The van der Waals surface area contributed by atoms with E-state index in [1.165, 1.54) is 0 Å². The van der Waals surface area contributed by atoms with Gasteiger partial charge in [0.1, 0.15) is 19.0 Å². The standard InChI is InChI=1S/C16H18N2O4/c1-18(16(19)17-10-13-3-2-6-20-13)11-12-4-5-14-15(9-12)22-8-7-21-14/h2-6,9H,7-8,10-11H2,1H3,(H,17,19). The zero-order chi connectivity index (χ0) is 15.4. The molecule has 6 heteroatoms. The summed E-state index contributed by atoms with van der Waals surface area (Å²) in [6.07, 6.45) is 1.58. The third-order valence-electron chi connectivity index (χ3n) is 3.37. The number of furan rings is 1. The highest BCUT2D eigenvalue weighted by Crippen LogP contribution is 2.30. The first-order valence-corrected chi connectivity index (χ1v) is 7.12. The van der Waals surface area contributed by atoms with Gasteiger partial charge < -0.3 is 24.1 Å².